The summed E-state index contributed by atoms with van der Waals surface area (Å²) in [6, 6.07) is 0.472. The molecule has 0 amide bonds. The van der Waals surface area contributed by atoms with Crippen molar-refractivity contribution in [3.8, 4) is 0 Å². The molecule has 0 spiro atoms. The highest BCUT2D eigenvalue weighted by Gasteiger charge is 2.13. The second-order valence-electron chi connectivity index (χ2n) is 4.07. The van der Waals surface area contributed by atoms with Crippen molar-refractivity contribution in [2.45, 2.75) is 25.3 Å². The highest BCUT2D eigenvalue weighted by atomic mass is 32.2. The van der Waals surface area contributed by atoms with E-state index in [1.807, 2.05) is 7.05 Å². The van der Waals surface area contributed by atoms with Gasteiger partial charge in [0, 0.05) is 19.1 Å². The highest BCUT2D eigenvalue weighted by molar-refractivity contribution is 7.88. The minimum absolute atomic E-state index is 0.472. The van der Waals surface area contributed by atoms with Crippen molar-refractivity contribution in [3.05, 3.63) is 12.2 Å². The molecule has 0 saturated carbocycles. The Hall–Kier alpha value is -0.390. The van der Waals surface area contributed by atoms with Crippen LogP contribution in [0.2, 0.25) is 0 Å². The summed E-state index contributed by atoms with van der Waals surface area (Å²) in [5, 5.41) is 0. The maximum atomic E-state index is 10.8. The van der Waals surface area contributed by atoms with Crippen LogP contribution in [-0.2, 0) is 10.0 Å². The smallest absolute Gasteiger partial charge is 0.208 e. The van der Waals surface area contributed by atoms with Gasteiger partial charge in [-0.2, -0.15) is 0 Å². The third-order valence-electron chi connectivity index (χ3n) is 2.62. The zero-order valence-corrected chi connectivity index (χ0v) is 10.3. The monoisotopic (exact) mass is 232 g/mol. The third kappa shape index (κ3) is 5.30. The lowest BCUT2D eigenvalue weighted by atomic mass is 10.0. The fourth-order valence-corrected chi connectivity index (χ4v) is 2.20. The van der Waals surface area contributed by atoms with Gasteiger partial charge in [-0.15, -0.1) is 0 Å². The van der Waals surface area contributed by atoms with Crippen LogP contribution in [0.25, 0.3) is 0 Å². The molecule has 1 N–H and O–H groups in total. The highest BCUT2D eigenvalue weighted by Crippen LogP contribution is 2.14. The van der Waals surface area contributed by atoms with E-state index < -0.39 is 10.0 Å². The summed E-state index contributed by atoms with van der Waals surface area (Å²) in [6.45, 7) is 1.24. The Balaban J connectivity index is 2.26. The summed E-state index contributed by atoms with van der Waals surface area (Å²) in [4.78, 5) is 2.19. The fraction of sp³-hybridized carbons (Fsp3) is 0.800. The van der Waals surface area contributed by atoms with Gasteiger partial charge in [0.2, 0.25) is 10.0 Å². The molecule has 5 heteroatoms. The van der Waals surface area contributed by atoms with Gasteiger partial charge in [0.05, 0.1) is 6.26 Å². The summed E-state index contributed by atoms with van der Waals surface area (Å²) in [6.07, 6.45) is 9.18. The fourth-order valence-electron chi connectivity index (χ4n) is 1.73. The lowest BCUT2D eigenvalue weighted by molar-refractivity contribution is 0.266. The van der Waals surface area contributed by atoms with Crippen LogP contribution in [0.3, 0.4) is 0 Å². The molecule has 0 heterocycles. The minimum Gasteiger partial charge on any atom is -0.299 e. The van der Waals surface area contributed by atoms with Crippen molar-refractivity contribution in [1.29, 1.82) is 0 Å². The Morgan fingerprint density at radius 1 is 1.53 bits per heavy atom. The van der Waals surface area contributed by atoms with E-state index in [0.29, 0.717) is 12.6 Å². The van der Waals surface area contributed by atoms with E-state index in [1.54, 1.807) is 0 Å². The maximum Gasteiger partial charge on any atom is 0.208 e. The van der Waals surface area contributed by atoms with Gasteiger partial charge in [-0.1, -0.05) is 12.2 Å². The molecule has 1 aliphatic carbocycles. The van der Waals surface area contributed by atoms with E-state index in [1.165, 1.54) is 25.5 Å². The molecule has 0 unspecified atom stereocenters. The topological polar surface area (TPSA) is 49.4 Å². The van der Waals surface area contributed by atoms with Crippen molar-refractivity contribution in [2.24, 2.45) is 0 Å². The second kappa shape index (κ2) is 5.63. The zero-order valence-electron chi connectivity index (χ0n) is 9.44. The zero-order chi connectivity index (χ0) is 11.3. The summed E-state index contributed by atoms with van der Waals surface area (Å²) in [5.74, 6) is 0. The first-order valence-corrected chi connectivity index (χ1v) is 7.20. The van der Waals surface area contributed by atoms with Crippen molar-refractivity contribution >= 4 is 10.0 Å². The predicted molar refractivity (Wildman–Crippen MR) is 62.3 cm³/mol. The van der Waals surface area contributed by atoms with Crippen molar-refractivity contribution in [2.75, 3.05) is 26.4 Å². The average molecular weight is 232 g/mol. The maximum absolute atomic E-state index is 10.8. The van der Waals surface area contributed by atoms with Crippen molar-refractivity contribution < 1.29 is 8.42 Å². The molecule has 0 aliphatic heterocycles. The molecule has 1 aliphatic rings. The van der Waals surface area contributed by atoms with Crippen LogP contribution in [0.5, 0.6) is 0 Å². The van der Waals surface area contributed by atoms with Gasteiger partial charge >= 0.3 is 0 Å². The largest absolute Gasteiger partial charge is 0.299 e. The number of likely N-dealkylation sites (N-methyl/N-ethyl adjacent to an activating group) is 1. The molecule has 0 aromatic rings. The molecular formula is C10H20N2O2S. The molecule has 1 atom stereocenters. The predicted octanol–water partition coefficient (Wildman–Crippen LogP) is 0.576. The Morgan fingerprint density at radius 2 is 2.27 bits per heavy atom. The van der Waals surface area contributed by atoms with Crippen LogP contribution in [0.15, 0.2) is 12.2 Å². The summed E-state index contributed by atoms with van der Waals surface area (Å²) in [7, 11) is -1.01. The normalized spacial score (nSPS) is 22.2. The number of allylic oxidation sites excluding steroid dienone is 1. The van der Waals surface area contributed by atoms with Gasteiger partial charge in [0.1, 0.15) is 0 Å². The van der Waals surface area contributed by atoms with E-state index in [-0.39, 0.29) is 0 Å². The molecular weight excluding hydrogens is 212 g/mol. The first-order valence-electron chi connectivity index (χ1n) is 5.30. The summed E-state index contributed by atoms with van der Waals surface area (Å²) >= 11 is 0. The van der Waals surface area contributed by atoms with Gasteiger partial charge in [-0.25, -0.2) is 13.1 Å². The number of hydrogen-bond donors (Lipinski definition) is 1. The molecule has 0 bridgehead atoms. The minimum atomic E-state index is -3.05. The Morgan fingerprint density at radius 3 is 2.80 bits per heavy atom. The van der Waals surface area contributed by atoms with E-state index in [9.17, 15) is 8.42 Å². The lowest BCUT2D eigenvalue weighted by Gasteiger charge is -2.27. The molecule has 0 aromatic heterocycles. The van der Waals surface area contributed by atoms with Crippen LogP contribution in [0, 0.1) is 0 Å². The van der Waals surface area contributed by atoms with Gasteiger partial charge < -0.3 is 0 Å². The number of nitrogens with one attached hydrogen (secondary N) is 1. The lowest BCUT2D eigenvalue weighted by Crippen LogP contribution is -2.38. The third-order valence-corrected chi connectivity index (χ3v) is 3.35. The van der Waals surface area contributed by atoms with Crippen molar-refractivity contribution in [1.82, 2.24) is 9.62 Å². The second-order valence-corrected chi connectivity index (χ2v) is 5.91. The van der Waals surface area contributed by atoms with E-state index in [0.717, 1.165) is 6.54 Å². The van der Waals surface area contributed by atoms with Gasteiger partial charge in [0.25, 0.3) is 0 Å². The van der Waals surface area contributed by atoms with E-state index in [4.69, 9.17) is 0 Å². The van der Waals surface area contributed by atoms with Crippen LogP contribution in [0.1, 0.15) is 19.3 Å². The van der Waals surface area contributed by atoms with E-state index in [2.05, 4.69) is 21.8 Å². The summed E-state index contributed by atoms with van der Waals surface area (Å²) < 4.78 is 24.2. The SMILES string of the molecule is CN(CCNS(C)(=O)=O)[C@H]1C=CCCC1. The number of sulfonamides is 1. The molecule has 0 fully saturated rings. The molecule has 4 nitrogen and oxygen atoms in total. The first-order chi connectivity index (χ1) is 6.99. The molecule has 1 rings (SSSR count). The quantitative estimate of drug-likeness (QED) is 0.705. The Labute approximate surface area is 92.4 Å². The number of nitrogens with zero attached hydrogens (tertiary/aromatic N) is 1. The standard InChI is InChI=1S/C10H20N2O2S/c1-12(9-8-11-15(2,13)14)10-6-4-3-5-7-10/h4,6,10-11H,3,5,7-9H2,1-2H3/t10-/m0/s1. The van der Waals surface area contributed by atoms with Crippen LogP contribution in [-0.4, -0.2) is 45.8 Å². The van der Waals surface area contributed by atoms with Crippen LogP contribution in [0.4, 0.5) is 0 Å². The molecule has 0 aromatic carbocycles. The van der Waals surface area contributed by atoms with Gasteiger partial charge in [-0.3, -0.25) is 4.90 Å². The van der Waals surface area contributed by atoms with Crippen LogP contribution >= 0.6 is 0 Å². The Kier molecular flexibility index (Phi) is 4.76. The molecule has 0 saturated heterocycles. The van der Waals surface area contributed by atoms with E-state index >= 15 is 0 Å². The molecule has 88 valence electrons. The molecule has 15 heavy (non-hydrogen) atoms. The summed E-state index contributed by atoms with van der Waals surface area (Å²) in [5.41, 5.74) is 0. The first kappa shape index (κ1) is 12.7. The average Bonchev–Trinajstić information content (AvgIpc) is 2.17. The number of rotatable bonds is 5. The van der Waals surface area contributed by atoms with Crippen molar-refractivity contribution in [3.63, 3.8) is 0 Å². The Bertz CT molecular complexity index is 311. The van der Waals surface area contributed by atoms with Gasteiger partial charge in [0.15, 0.2) is 0 Å². The molecule has 0 radical (unpaired) electrons. The van der Waals surface area contributed by atoms with Gasteiger partial charge in [-0.05, 0) is 26.3 Å². The number of hydrogen-bond acceptors (Lipinski definition) is 3. The van der Waals surface area contributed by atoms with Crippen LogP contribution < -0.4 is 4.72 Å².